The minimum atomic E-state index is -0.181. The lowest BCUT2D eigenvalue weighted by Crippen LogP contribution is -2.12. The van der Waals surface area contributed by atoms with E-state index in [2.05, 4.69) is 21.2 Å². The standard InChI is InChI=1S/C16H15BrClNO2/c1-3-21-15-7-4-11(8-10(15)2)16(20)19-12-5-6-13(17)14(18)9-12/h4-9H,3H2,1-2H3,(H,19,20). The van der Waals surface area contributed by atoms with Crippen molar-refractivity contribution in [3.05, 3.63) is 57.0 Å². The summed E-state index contributed by atoms with van der Waals surface area (Å²) >= 11 is 9.32. The fourth-order valence-corrected chi connectivity index (χ4v) is 2.31. The SMILES string of the molecule is CCOc1ccc(C(=O)Nc2ccc(Br)c(Cl)c2)cc1C. The quantitative estimate of drug-likeness (QED) is 0.819. The number of hydrogen-bond donors (Lipinski definition) is 1. The van der Waals surface area contributed by atoms with Gasteiger partial charge in [0.25, 0.3) is 5.91 Å². The van der Waals surface area contributed by atoms with Crippen LogP contribution in [0.4, 0.5) is 5.69 Å². The molecule has 5 heteroatoms. The number of carbonyl (C=O) groups is 1. The first-order chi connectivity index (χ1) is 10.0. The molecule has 0 aromatic heterocycles. The molecule has 0 aliphatic carbocycles. The highest BCUT2D eigenvalue weighted by Gasteiger charge is 2.09. The third kappa shape index (κ3) is 3.99. The molecule has 0 saturated carbocycles. The Bertz CT molecular complexity index is 673. The second kappa shape index (κ2) is 6.96. The Morgan fingerprint density at radius 1 is 1.29 bits per heavy atom. The van der Waals surface area contributed by atoms with Gasteiger partial charge >= 0.3 is 0 Å². The van der Waals surface area contributed by atoms with E-state index in [4.69, 9.17) is 16.3 Å². The van der Waals surface area contributed by atoms with Gasteiger partial charge in [-0.25, -0.2) is 0 Å². The summed E-state index contributed by atoms with van der Waals surface area (Å²) < 4.78 is 6.25. The number of halogens is 2. The molecule has 2 aromatic rings. The molecule has 21 heavy (non-hydrogen) atoms. The predicted octanol–water partition coefficient (Wildman–Crippen LogP) is 5.06. The molecule has 2 rings (SSSR count). The third-order valence-electron chi connectivity index (χ3n) is 2.91. The van der Waals surface area contributed by atoms with Crippen molar-refractivity contribution in [2.75, 3.05) is 11.9 Å². The largest absolute Gasteiger partial charge is 0.494 e. The van der Waals surface area contributed by atoms with Crippen molar-refractivity contribution in [2.24, 2.45) is 0 Å². The number of rotatable bonds is 4. The summed E-state index contributed by atoms with van der Waals surface area (Å²) in [5.74, 6) is 0.611. The highest BCUT2D eigenvalue weighted by molar-refractivity contribution is 9.10. The monoisotopic (exact) mass is 367 g/mol. The van der Waals surface area contributed by atoms with Crippen LogP contribution in [0, 0.1) is 6.92 Å². The number of anilines is 1. The Hall–Kier alpha value is -1.52. The smallest absolute Gasteiger partial charge is 0.255 e. The molecule has 1 N–H and O–H groups in total. The fourth-order valence-electron chi connectivity index (χ4n) is 1.89. The molecule has 0 saturated heterocycles. The van der Waals surface area contributed by atoms with Gasteiger partial charge in [-0.1, -0.05) is 11.6 Å². The van der Waals surface area contributed by atoms with Gasteiger partial charge in [-0.05, 0) is 71.7 Å². The topological polar surface area (TPSA) is 38.3 Å². The lowest BCUT2D eigenvalue weighted by atomic mass is 10.1. The molecule has 0 radical (unpaired) electrons. The van der Waals surface area contributed by atoms with Crippen molar-refractivity contribution in [1.29, 1.82) is 0 Å². The van der Waals surface area contributed by atoms with E-state index < -0.39 is 0 Å². The normalized spacial score (nSPS) is 10.3. The zero-order valence-electron chi connectivity index (χ0n) is 11.7. The number of ether oxygens (including phenoxy) is 1. The highest BCUT2D eigenvalue weighted by Crippen LogP contribution is 2.26. The Kier molecular flexibility index (Phi) is 5.26. The van der Waals surface area contributed by atoms with Crippen LogP contribution in [-0.2, 0) is 0 Å². The van der Waals surface area contributed by atoms with Gasteiger partial charge in [0, 0.05) is 15.7 Å². The van der Waals surface area contributed by atoms with Crippen LogP contribution in [0.25, 0.3) is 0 Å². The van der Waals surface area contributed by atoms with E-state index in [1.54, 1.807) is 30.3 Å². The maximum Gasteiger partial charge on any atom is 0.255 e. The van der Waals surface area contributed by atoms with Crippen LogP contribution < -0.4 is 10.1 Å². The van der Waals surface area contributed by atoms with Crippen molar-refractivity contribution < 1.29 is 9.53 Å². The van der Waals surface area contributed by atoms with Gasteiger partial charge in [-0.15, -0.1) is 0 Å². The number of nitrogens with one attached hydrogen (secondary N) is 1. The second-order valence-corrected chi connectivity index (χ2v) is 5.76. The summed E-state index contributed by atoms with van der Waals surface area (Å²) in [5.41, 5.74) is 2.16. The van der Waals surface area contributed by atoms with Crippen molar-refractivity contribution >= 4 is 39.1 Å². The van der Waals surface area contributed by atoms with Crippen LogP contribution in [0.1, 0.15) is 22.8 Å². The minimum Gasteiger partial charge on any atom is -0.494 e. The van der Waals surface area contributed by atoms with Crippen molar-refractivity contribution in [3.63, 3.8) is 0 Å². The van der Waals surface area contributed by atoms with Gasteiger partial charge < -0.3 is 10.1 Å². The zero-order valence-corrected chi connectivity index (χ0v) is 14.1. The molecule has 1 amide bonds. The second-order valence-electron chi connectivity index (χ2n) is 4.50. The Morgan fingerprint density at radius 3 is 2.67 bits per heavy atom. The maximum atomic E-state index is 12.2. The highest BCUT2D eigenvalue weighted by atomic mass is 79.9. The van der Waals surface area contributed by atoms with E-state index in [0.717, 1.165) is 15.8 Å². The fraction of sp³-hybridized carbons (Fsp3) is 0.188. The van der Waals surface area contributed by atoms with E-state index in [0.29, 0.717) is 22.9 Å². The van der Waals surface area contributed by atoms with Crippen LogP contribution in [0.5, 0.6) is 5.75 Å². The lowest BCUT2D eigenvalue weighted by molar-refractivity contribution is 0.102. The van der Waals surface area contributed by atoms with Gasteiger partial charge in [0.2, 0.25) is 0 Å². The van der Waals surface area contributed by atoms with E-state index in [9.17, 15) is 4.79 Å². The molecule has 0 spiro atoms. The van der Waals surface area contributed by atoms with Crippen molar-refractivity contribution in [3.8, 4) is 5.75 Å². The van der Waals surface area contributed by atoms with Crippen LogP contribution >= 0.6 is 27.5 Å². The van der Waals surface area contributed by atoms with Crippen LogP contribution in [0.3, 0.4) is 0 Å². The molecule has 0 aliphatic heterocycles. The summed E-state index contributed by atoms with van der Waals surface area (Å²) in [6.45, 7) is 4.44. The maximum absolute atomic E-state index is 12.2. The molecule has 3 nitrogen and oxygen atoms in total. The average molecular weight is 369 g/mol. The Morgan fingerprint density at radius 2 is 2.05 bits per heavy atom. The Labute approximate surface area is 137 Å². The van der Waals surface area contributed by atoms with Gasteiger partial charge in [-0.2, -0.15) is 0 Å². The first-order valence-electron chi connectivity index (χ1n) is 6.51. The molecule has 0 heterocycles. The van der Waals surface area contributed by atoms with Gasteiger partial charge in [-0.3, -0.25) is 4.79 Å². The van der Waals surface area contributed by atoms with Gasteiger partial charge in [0.05, 0.1) is 11.6 Å². The molecule has 2 aromatic carbocycles. The lowest BCUT2D eigenvalue weighted by Gasteiger charge is -2.10. The molecule has 110 valence electrons. The number of amides is 1. The van der Waals surface area contributed by atoms with E-state index in [1.165, 1.54) is 0 Å². The molecule has 0 fully saturated rings. The van der Waals surface area contributed by atoms with E-state index in [1.807, 2.05) is 19.9 Å². The molecule has 0 aliphatic rings. The number of hydrogen-bond acceptors (Lipinski definition) is 2. The zero-order chi connectivity index (χ0) is 15.4. The van der Waals surface area contributed by atoms with E-state index >= 15 is 0 Å². The minimum absolute atomic E-state index is 0.181. The van der Waals surface area contributed by atoms with Gasteiger partial charge in [0.15, 0.2) is 0 Å². The summed E-state index contributed by atoms with van der Waals surface area (Å²) in [6, 6.07) is 10.6. The number of benzene rings is 2. The molecule has 0 atom stereocenters. The van der Waals surface area contributed by atoms with E-state index in [-0.39, 0.29) is 5.91 Å². The molecule has 0 unspecified atom stereocenters. The van der Waals surface area contributed by atoms with Gasteiger partial charge in [0.1, 0.15) is 5.75 Å². The summed E-state index contributed by atoms with van der Waals surface area (Å²) in [4.78, 5) is 12.2. The molecule has 0 bridgehead atoms. The average Bonchev–Trinajstić information content (AvgIpc) is 2.45. The molecular weight excluding hydrogens is 354 g/mol. The van der Waals surface area contributed by atoms with Crippen molar-refractivity contribution in [1.82, 2.24) is 0 Å². The first kappa shape index (κ1) is 15.9. The number of aryl methyl sites for hydroxylation is 1. The van der Waals surface area contributed by atoms with Crippen LogP contribution in [0.15, 0.2) is 40.9 Å². The predicted molar refractivity (Wildman–Crippen MR) is 89.5 cm³/mol. The summed E-state index contributed by atoms with van der Waals surface area (Å²) in [6.07, 6.45) is 0. The number of carbonyl (C=O) groups excluding carboxylic acids is 1. The van der Waals surface area contributed by atoms with Crippen LogP contribution in [0.2, 0.25) is 5.02 Å². The first-order valence-corrected chi connectivity index (χ1v) is 7.68. The summed E-state index contributed by atoms with van der Waals surface area (Å²) in [7, 11) is 0. The van der Waals surface area contributed by atoms with Crippen molar-refractivity contribution in [2.45, 2.75) is 13.8 Å². The van der Waals surface area contributed by atoms with Crippen LogP contribution in [-0.4, -0.2) is 12.5 Å². The summed E-state index contributed by atoms with van der Waals surface area (Å²) in [5, 5.41) is 3.37. The Balaban J connectivity index is 2.16. The third-order valence-corrected chi connectivity index (χ3v) is 4.15. The molecular formula is C16H15BrClNO2.